The first kappa shape index (κ1) is 15.5. The van der Waals surface area contributed by atoms with Gasteiger partial charge in [0, 0.05) is 12.2 Å². The number of anilines is 1. The zero-order valence-corrected chi connectivity index (χ0v) is 12.4. The summed E-state index contributed by atoms with van der Waals surface area (Å²) in [5.41, 5.74) is 8.46. The summed E-state index contributed by atoms with van der Waals surface area (Å²) in [5.74, 6) is 0.895. The Kier molecular flexibility index (Phi) is 5.36. The van der Waals surface area contributed by atoms with Gasteiger partial charge in [0.2, 0.25) is 5.91 Å². The van der Waals surface area contributed by atoms with Gasteiger partial charge in [0.05, 0.1) is 13.0 Å². The topological polar surface area (TPSA) is 64.3 Å². The number of carbonyl (C=O) groups excluding carboxylic acids is 1. The first-order valence-electron chi connectivity index (χ1n) is 6.56. The highest BCUT2D eigenvalue weighted by Crippen LogP contribution is 2.27. The van der Waals surface area contributed by atoms with E-state index in [2.05, 4.69) is 5.32 Å². The standard InChI is InChI=1S/C15H24N2O2/c1-9(2)13(8-16)15(18)17-12-6-10(3)14(19-5)11(4)7-12/h6-7,9,13H,8,16H2,1-5H3,(H,17,18). The van der Waals surface area contributed by atoms with Crippen LogP contribution in [0.1, 0.15) is 25.0 Å². The molecule has 0 fully saturated rings. The average Bonchev–Trinajstić information content (AvgIpc) is 2.28. The summed E-state index contributed by atoms with van der Waals surface area (Å²) in [6.45, 7) is 8.29. The fourth-order valence-corrected chi connectivity index (χ4v) is 2.26. The molecule has 106 valence electrons. The first-order valence-corrected chi connectivity index (χ1v) is 6.56. The number of hydrogen-bond donors (Lipinski definition) is 2. The molecular formula is C15H24N2O2. The summed E-state index contributed by atoms with van der Waals surface area (Å²) in [5, 5.41) is 2.93. The van der Waals surface area contributed by atoms with Crippen LogP contribution in [0.5, 0.6) is 5.75 Å². The Labute approximate surface area is 115 Å². The van der Waals surface area contributed by atoms with Gasteiger partial charge in [-0.2, -0.15) is 0 Å². The van der Waals surface area contributed by atoms with Crippen molar-refractivity contribution in [3.05, 3.63) is 23.3 Å². The van der Waals surface area contributed by atoms with Gasteiger partial charge in [-0.1, -0.05) is 13.8 Å². The number of carbonyl (C=O) groups is 1. The Balaban J connectivity index is 2.91. The van der Waals surface area contributed by atoms with Crippen LogP contribution in [0.15, 0.2) is 12.1 Å². The van der Waals surface area contributed by atoms with Gasteiger partial charge < -0.3 is 15.8 Å². The van der Waals surface area contributed by atoms with Gasteiger partial charge in [-0.05, 0) is 43.0 Å². The van der Waals surface area contributed by atoms with E-state index in [-0.39, 0.29) is 17.7 Å². The second kappa shape index (κ2) is 6.57. The predicted molar refractivity (Wildman–Crippen MR) is 78.5 cm³/mol. The van der Waals surface area contributed by atoms with Crippen molar-refractivity contribution in [2.45, 2.75) is 27.7 Å². The average molecular weight is 264 g/mol. The van der Waals surface area contributed by atoms with E-state index < -0.39 is 0 Å². The molecule has 0 spiro atoms. The smallest absolute Gasteiger partial charge is 0.229 e. The fraction of sp³-hybridized carbons (Fsp3) is 0.533. The molecule has 0 aliphatic heterocycles. The molecule has 1 amide bonds. The molecule has 0 aromatic heterocycles. The minimum Gasteiger partial charge on any atom is -0.496 e. The fourth-order valence-electron chi connectivity index (χ4n) is 2.26. The largest absolute Gasteiger partial charge is 0.496 e. The zero-order chi connectivity index (χ0) is 14.6. The number of rotatable bonds is 5. The number of methoxy groups -OCH3 is 1. The molecule has 1 aromatic carbocycles. The summed E-state index contributed by atoms with van der Waals surface area (Å²) in [6, 6.07) is 3.83. The second-order valence-electron chi connectivity index (χ2n) is 5.22. The highest BCUT2D eigenvalue weighted by atomic mass is 16.5. The lowest BCUT2D eigenvalue weighted by molar-refractivity contribution is -0.120. The van der Waals surface area contributed by atoms with E-state index in [9.17, 15) is 4.79 Å². The summed E-state index contributed by atoms with van der Waals surface area (Å²) in [4.78, 5) is 12.1. The second-order valence-corrected chi connectivity index (χ2v) is 5.22. The van der Waals surface area contributed by atoms with E-state index in [1.807, 2.05) is 39.8 Å². The predicted octanol–water partition coefficient (Wildman–Crippen LogP) is 2.48. The molecule has 1 rings (SSSR count). The molecule has 0 aliphatic rings. The zero-order valence-electron chi connectivity index (χ0n) is 12.4. The summed E-state index contributed by atoms with van der Waals surface area (Å²) >= 11 is 0. The third kappa shape index (κ3) is 3.70. The molecule has 4 heteroatoms. The van der Waals surface area contributed by atoms with Crippen LogP contribution in [0.2, 0.25) is 0 Å². The van der Waals surface area contributed by atoms with E-state index >= 15 is 0 Å². The summed E-state index contributed by atoms with van der Waals surface area (Å²) < 4.78 is 5.31. The lowest BCUT2D eigenvalue weighted by atomic mass is 9.95. The Morgan fingerprint density at radius 2 is 1.84 bits per heavy atom. The normalized spacial score (nSPS) is 12.4. The van der Waals surface area contributed by atoms with Crippen LogP contribution in [-0.4, -0.2) is 19.6 Å². The van der Waals surface area contributed by atoms with Crippen LogP contribution in [0, 0.1) is 25.7 Å². The van der Waals surface area contributed by atoms with E-state index in [0.717, 1.165) is 22.6 Å². The Morgan fingerprint density at radius 3 is 2.21 bits per heavy atom. The van der Waals surface area contributed by atoms with Crippen molar-refractivity contribution in [2.24, 2.45) is 17.6 Å². The lowest BCUT2D eigenvalue weighted by Crippen LogP contribution is -2.33. The third-order valence-corrected chi connectivity index (χ3v) is 3.33. The quantitative estimate of drug-likeness (QED) is 0.858. The number of aryl methyl sites for hydroxylation is 2. The highest BCUT2D eigenvalue weighted by Gasteiger charge is 2.20. The van der Waals surface area contributed by atoms with Crippen LogP contribution in [-0.2, 0) is 4.79 Å². The summed E-state index contributed by atoms with van der Waals surface area (Å²) in [7, 11) is 1.65. The Morgan fingerprint density at radius 1 is 1.32 bits per heavy atom. The summed E-state index contributed by atoms with van der Waals surface area (Å²) in [6.07, 6.45) is 0. The van der Waals surface area contributed by atoms with Crippen LogP contribution < -0.4 is 15.8 Å². The number of nitrogens with one attached hydrogen (secondary N) is 1. The van der Waals surface area contributed by atoms with Gasteiger partial charge in [0.1, 0.15) is 5.75 Å². The molecule has 0 saturated carbocycles. The van der Waals surface area contributed by atoms with Crippen molar-refractivity contribution < 1.29 is 9.53 Å². The maximum atomic E-state index is 12.1. The minimum absolute atomic E-state index is 0.0264. The van der Waals surface area contributed by atoms with Gasteiger partial charge in [-0.15, -0.1) is 0 Å². The monoisotopic (exact) mass is 264 g/mol. The number of hydrogen-bond acceptors (Lipinski definition) is 3. The molecule has 0 saturated heterocycles. The molecule has 0 heterocycles. The van der Waals surface area contributed by atoms with E-state index in [4.69, 9.17) is 10.5 Å². The van der Waals surface area contributed by atoms with E-state index in [1.165, 1.54) is 0 Å². The molecule has 0 aliphatic carbocycles. The molecule has 1 aromatic rings. The Hall–Kier alpha value is -1.55. The van der Waals surface area contributed by atoms with Crippen LogP contribution >= 0.6 is 0 Å². The van der Waals surface area contributed by atoms with E-state index in [0.29, 0.717) is 6.54 Å². The minimum atomic E-state index is -0.164. The molecule has 0 radical (unpaired) electrons. The van der Waals surface area contributed by atoms with Crippen molar-refractivity contribution >= 4 is 11.6 Å². The van der Waals surface area contributed by atoms with Crippen molar-refractivity contribution in [1.29, 1.82) is 0 Å². The Bertz CT molecular complexity index is 432. The number of amides is 1. The van der Waals surface area contributed by atoms with Gasteiger partial charge in [0.25, 0.3) is 0 Å². The molecule has 1 unspecified atom stereocenters. The molecule has 4 nitrogen and oxygen atoms in total. The van der Waals surface area contributed by atoms with Crippen molar-refractivity contribution in [2.75, 3.05) is 19.0 Å². The first-order chi connectivity index (χ1) is 8.90. The SMILES string of the molecule is COc1c(C)cc(NC(=O)C(CN)C(C)C)cc1C. The molecule has 1 atom stereocenters. The molecule has 3 N–H and O–H groups in total. The van der Waals surface area contributed by atoms with E-state index in [1.54, 1.807) is 7.11 Å². The number of benzene rings is 1. The van der Waals surface area contributed by atoms with Crippen molar-refractivity contribution in [3.8, 4) is 5.75 Å². The lowest BCUT2D eigenvalue weighted by Gasteiger charge is -2.19. The third-order valence-electron chi connectivity index (χ3n) is 3.33. The highest BCUT2D eigenvalue weighted by molar-refractivity contribution is 5.93. The van der Waals surface area contributed by atoms with Gasteiger partial charge in [0.15, 0.2) is 0 Å². The number of nitrogens with two attached hydrogens (primary N) is 1. The van der Waals surface area contributed by atoms with Crippen molar-refractivity contribution in [3.63, 3.8) is 0 Å². The van der Waals surface area contributed by atoms with Crippen LogP contribution in [0.25, 0.3) is 0 Å². The molecular weight excluding hydrogens is 240 g/mol. The maximum absolute atomic E-state index is 12.1. The maximum Gasteiger partial charge on any atom is 0.229 e. The van der Waals surface area contributed by atoms with Crippen molar-refractivity contribution in [1.82, 2.24) is 0 Å². The number of ether oxygens (including phenoxy) is 1. The molecule has 0 bridgehead atoms. The van der Waals surface area contributed by atoms with Gasteiger partial charge in [-0.3, -0.25) is 4.79 Å². The van der Waals surface area contributed by atoms with Gasteiger partial charge in [-0.25, -0.2) is 0 Å². The van der Waals surface area contributed by atoms with Gasteiger partial charge >= 0.3 is 0 Å². The van der Waals surface area contributed by atoms with Crippen LogP contribution in [0.4, 0.5) is 5.69 Å². The molecule has 19 heavy (non-hydrogen) atoms. The van der Waals surface area contributed by atoms with Crippen LogP contribution in [0.3, 0.4) is 0 Å².